The average molecular weight is 393 g/mol. The number of fused-ring (bicyclic) bond motifs is 1. The van der Waals surface area contributed by atoms with E-state index < -0.39 is 24.4 Å². The van der Waals surface area contributed by atoms with E-state index in [0.717, 1.165) is 10.9 Å². The lowest BCUT2D eigenvalue weighted by atomic mass is 9.79. The molecule has 1 saturated heterocycles. The van der Waals surface area contributed by atoms with Gasteiger partial charge < -0.3 is 19.2 Å². The van der Waals surface area contributed by atoms with Crippen LogP contribution in [0, 0.1) is 0 Å². The highest BCUT2D eigenvalue weighted by Crippen LogP contribution is 2.37. The predicted octanol–water partition coefficient (Wildman–Crippen LogP) is 4.05. The van der Waals surface area contributed by atoms with Crippen molar-refractivity contribution in [1.29, 1.82) is 0 Å². The summed E-state index contributed by atoms with van der Waals surface area (Å²) in [4.78, 5) is 11.8. The van der Waals surface area contributed by atoms with E-state index in [-0.39, 0.29) is 0 Å². The third-order valence-electron chi connectivity index (χ3n) is 5.77. The van der Waals surface area contributed by atoms with E-state index in [0.29, 0.717) is 23.3 Å². The first kappa shape index (κ1) is 19.5. The lowest BCUT2D eigenvalue weighted by Gasteiger charge is -2.32. The Labute approximate surface area is 170 Å². The van der Waals surface area contributed by atoms with Gasteiger partial charge in [0.05, 0.1) is 16.7 Å². The minimum absolute atomic E-state index is 0.407. The van der Waals surface area contributed by atoms with Gasteiger partial charge in [-0.3, -0.25) is 4.57 Å². The molecule has 2 heterocycles. The summed E-state index contributed by atoms with van der Waals surface area (Å²) in [6, 6.07) is 15.3. The second kappa shape index (κ2) is 6.93. The number of aromatic nitrogens is 1. The quantitative estimate of drug-likeness (QED) is 0.678. The molecule has 150 valence electrons. The summed E-state index contributed by atoms with van der Waals surface area (Å²) in [7, 11) is -0.640. The number of nitrogens with zero attached hydrogens (tertiary/aromatic N) is 1. The van der Waals surface area contributed by atoms with Crippen LogP contribution in [0.15, 0.2) is 54.7 Å². The number of carboxylic acid groups (broad SMARTS) is 1. The maximum Gasteiger partial charge on any atom is 0.497 e. The molecule has 7 heteroatoms. The maximum atomic E-state index is 11.8. The SMILES string of the molecule is CC1(C)OB(c2cn(C(=O)O)c3cc(OCc4ccccc4)ccc23)OC1(C)C. The van der Waals surface area contributed by atoms with Crippen LogP contribution >= 0.6 is 0 Å². The van der Waals surface area contributed by atoms with Crippen LogP contribution in [0.4, 0.5) is 4.79 Å². The van der Waals surface area contributed by atoms with Crippen molar-refractivity contribution >= 4 is 29.6 Å². The average Bonchev–Trinajstić information content (AvgIpc) is 3.15. The van der Waals surface area contributed by atoms with E-state index in [1.165, 1.54) is 4.57 Å². The molecule has 0 aliphatic carbocycles. The summed E-state index contributed by atoms with van der Waals surface area (Å²) in [6.45, 7) is 8.29. The molecule has 1 fully saturated rings. The molecule has 1 aliphatic rings. The Morgan fingerprint density at radius 2 is 1.72 bits per heavy atom. The molecule has 2 aromatic carbocycles. The van der Waals surface area contributed by atoms with Crippen molar-refractivity contribution in [2.45, 2.75) is 45.5 Å². The van der Waals surface area contributed by atoms with Gasteiger partial charge in [-0.1, -0.05) is 30.3 Å². The number of hydrogen-bond donors (Lipinski definition) is 1. The fraction of sp³-hybridized carbons (Fsp3) is 0.318. The van der Waals surface area contributed by atoms with Gasteiger partial charge in [0.15, 0.2) is 0 Å². The standard InChI is InChI=1S/C22H24BNO5/c1-21(2)22(3,4)29-23(28-21)18-13-24(20(25)26)19-12-16(10-11-17(18)19)27-14-15-8-6-5-7-9-15/h5-13H,14H2,1-4H3,(H,25,26). The van der Waals surface area contributed by atoms with Crippen LogP contribution in [-0.2, 0) is 15.9 Å². The molecule has 0 unspecified atom stereocenters. The molecule has 0 saturated carbocycles. The van der Waals surface area contributed by atoms with Gasteiger partial charge in [-0.05, 0) is 45.4 Å². The zero-order valence-corrected chi connectivity index (χ0v) is 17.0. The van der Waals surface area contributed by atoms with Gasteiger partial charge in [-0.2, -0.15) is 0 Å². The summed E-state index contributed by atoms with van der Waals surface area (Å²) >= 11 is 0. The van der Waals surface area contributed by atoms with E-state index in [2.05, 4.69) is 0 Å². The van der Waals surface area contributed by atoms with Crippen LogP contribution in [0.3, 0.4) is 0 Å². The number of rotatable bonds is 4. The highest BCUT2D eigenvalue weighted by atomic mass is 16.7. The Morgan fingerprint density at radius 3 is 2.34 bits per heavy atom. The Kier molecular flexibility index (Phi) is 4.67. The second-order valence-electron chi connectivity index (χ2n) is 8.28. The highest BCUT2D eigenvalue weighted by molar-refractivity contribution is 6.65. The first-order valence-electron chi connectivity index (χ1n) is 9.59. The number of carbonyl (C=O) groups is 1. The molecule has 1 N–H and O–H groups in total. The molecule has 0 amide bonds. The van der Waals surface area contributed by atoms with Gasteiger partial charge in [0.2, 0.25) is 0 Å². The molecular formula is C22H24BNO5. The Bertz CT molecular complexity index is 1040. The number of benzene rings is 2. The van der Waals surface area contributed by atoms with Crippen molar-refractivity contribution in [3.8, 4) is 5.75 Å². The molecule has 0 bridgehead atoms. The summed E-state index contributed by atoms with van der Waals surface area (Å²) in [6.07, 6.45) is 0.494. The molecular weight excluding hydrogens is 369 g/mol. The van der Waals surface area contributed by atoms with Crippen molar-refractivity contribution in [1.82, 2.24) is 4.57 Å². The molecule has 0 radical (unpaired) electrons. The van der Waals surface area contributed by atoms with Gasteiger partial charge in [0.1, 0.15) is 12.4 Å². The third-order valence-corrected chi connectivity index (χ3v) is 5.77. The van der Waals surface area contributed by atoms with E-state index in [4.69, 9.17) is 14.0 Å². The molecule has 1 aromatic heterocycles. The van der Waals surface area contributed by atoms with Crippen LogP contribution in [-0.4, -0.2) is 34.1 Å². The van der Waals surface area contributed by atoms with Gasteiger partial charge in [-0.25, -0.2) is 4.79 Å². The zero-order chi connectivity index (χ0) is 20.8. The van der Waals surface area contributed by atoms with Crippen molar-refractivity contribution in [3.63, 3.8) is 0 Å². The van der Waals surface area contributed by atoms with Gasteiger partial charge in [0.25, 0.3) is 0 Å². The van der Waals surface area contributed by atoms with E-state index in [1.54, 1.807) is 12.3 Å². The normalized spacial score (nSPS) is 17.6. The van der Waals surface area contributed by atoms with Crippen molar-refractivity contribution in [3.05, 3.63) is 60.3 Å². The first-order valence-corrected chi connectivity index (χ1v) is 9.59. The minimum atomic E-state index is -1.07. The predicted molar refractivity (Wildman–Crippen MR) is 112 cm³/mol. The summed E-state index contributed by atoms with van der Waals surface area (Å²) in [5.41, 5.74) is 1.25. The lowest BCUT2D eigenvalue weighted by Crippen LogP contribution is -2.41. The monoisotopic (exact) mass is 393 g/mol. The third kappa shape index (κ3) is 3.52. The van der Waals surface area contributed by atoms with Gasteiger partial charge in [-0.15, -0.1) is 0 Å². The van der Waals surface area contributed by atoms with Crippen LogP contribution in [0.5, 0.6) is 5.75 Å². The van der Waals surface area contributed by atoms with Crippen LogP contribution in [0.1, 0.15) is 33.3 Å². The number of hydrogen-bond acceptors (Lipinski definition) is 4. The van der Waals surface area contributed by atoms with Crippen molar-refractivity contribution in [2.75, 3.05) is 0 Å². The van der Waals surface area contributed by atoms with E-state index in [9.17, 15) is 9.90 Å². The van der Waals surface area contributed by atoms with Gasteiger partial charge >= 0.3 is 13.2 Å². The van der Waals surface area contributed by atoms with Crippen LogP contribution in [0.2, 0.25) is 0 Å². The fourth-order valence-corrected chi connectivity index (χ4v) is 3.38. The fourth-order valence-electron chi connectivity index (χ4n) is 3.38. The number of ether oxygens (including phenoxy) is 1. The topological polar surface area (TPSA) is 69.9 Å². The van der Waals surface area contributed by atoms with Crippen molar-refractivity contribution in [2.24, 2.45) is 0 Å². The Hall–Kier alpha value is -2.77. The zero-order valence-electron chi connectivity index (χ0n) is 17.0. The van der Waals surface area contributed by atoms with E-state index in [1.807, 2.05) is 70.2 Å². The Balaban J connectivity index is 1.68. The Morgan fingerprint density at radius 1 is 1.07 bits per heavy atom. The second-order valence-corrected chi connectivity index (χ2v) is 8.28. The molecule has 4 rings (SSSR count). The van der Waals surface area contributed by atoms with Crippen LogP contribution in [0.25, 0.3) is 10.9 Å². The molecule has 1 aliphatic heterocycles. The molecule has 0 atom stereocenters. The lowest BCUT2D eigenvalue weighted by molar-refractivity contribution is 0.00578. The largest absolute Gasteiger partial charge is 0.497 e. The summed E-state index contributed by atoms with van der Waals surface area (Å²) in [5, 5.41) is 10.4. The highest BCUT2D eigenvalue weighted by Gasteiger charge is 2.52. The maximum absolute atomic E-state index is 11.8. The summed E-state index contributed by atoms with van der Waals surface area (Å²) in [5.74, 6) is 0.599. The smallest absolute Gasteiger partial charge is 0.489 e. The molecule has 0 spiro atoms. The molecule has 3 aromatic rings. The molecule has 29 heavy (non-hydrogen) atoms. The molecule has 6 nitrogen and oxygen atoms in total. The van der Waals surface area contributed by atoms with E-state index >= 15 is 0 Å². The van der Waals surface area contributed by atoms with Crippen molar-refractivity contribution < 1.29 is 23.9 Å². The first-order chi connectivity index (χ1) is 13.7. The van der Waals surface area contributed by atoms with Gasteiger partial charge in [0, 0.05) is 23.1 Å². The van der Waals surface area contributed by atoms with Crippen LogP contribution < -0.4 is 10.2 Å². The minimum Gasteiger partial charge on any atom is -0.489 e. The summed E-state index contributed by atoms with van der Waals surface area (Å²) < 4.78 is 19.3.